The average molecular weight is 550 g/mol. The molecule has 0 aliphatic heterocycles. The highest BCUT2D eigenvalue weighted by molar-refractivity contribution is 6.17. The van der Waals surface area contributed by atoms with E-state index >= 15 is 0 Å². The molecule has 0 saturated heterocycles. The molecule has 3 atom stereocenters. The van der Waals surface area contributed by atoms with Crippen molar-refractivity contribution in [3.63, 3.8) is 0 Å². The van der Waals surface area contributed by atoms with Crippen molar-refractivity contribution >= 4 is 35.2 Å². The number of aliphatic carboxylic acids is 1. The van der Waals surface area contributed by atoms with Crippen molar-refractivity contribution in [2.45, 2.75) is 76.9 Å². The monoisotopic (exact) mass is 549 g/mol. The van der Waals surface area contributed by atoms with E-state index in [4.69, 9.17) is 22.9 Å². The Morgan fingerprint density at radius 1 is 1.08 bits per heavy atom. The fraction of sp³-hybridized carbons (Fsp3) is 0.577. The molecule has 0 aromatic heterocycles. The second-order valence-electron chi connectivity index (χ2n) is 9.75. The van der Waals surface area contributed by atoms with E-state index < -0.39 is 53.7 Å². The maximum Gasteiger partial charge on any atom is 0.338 e. The van der Waals surface area contributed by atoms with Crippen LogP contribution in [0.3, 0.4) is 0 Å². The zero-order chi connectivity index (χ0) is 29.8. The fourth-order valence-corrected chi connectivity index (χ4v) is 4.07. The number of benzene rings is 1. The number of aromatic hydroxyl groups is 1. The van der Waals surface area contributed by atoms with Gasteiger partial charge in [-0.1, -0.05) is 52.2 Å². The number of carboxylic acid groups (broad SMARTS) is 1. The number of amides is 2. The molecular formula is C26H43N7O6. The van der Waals surface area contributed by atoms with Gasteiger partial charge in [-0.25, -0.2) is 4.79 Å². The number of Topliss-reactive ketones (excluding diaryl/α,β-unsaturated/α-hetero) is 1. The summed E-state index contributed by atoms with van der Waals surface area (Å²) in [5, 5.41) is 23.3. The van der Waals surface area contributed by atoms with Crippen LogP contribution in [0.4, 0.5) is 5.69 Å². The second kappa shape index (κ2) is 15.6. The molecule has 3 unspecified atom stereocenters. The zero-order valence-corrected chi connectivity index (χ0v) is 22.9. The second-order valence-corrected chi connectivity index (χ2v) is 9.75. The van der Waals surface area contributed by atoms with Crippen LogP contribution in [0.25, 0.3) is 0 Å². The van der Waals surface area contributed by atoms with Gasteiger partial charge in [0.1, 0.15) is 5.75 Å². The first-order valence-electron chi connectivity index (χ1n) is 13.0. The molecule has 1 aromatic rings. The smallest absolute Gasteiger partial charge is 0.338 e. The van der Waals surface area contributed by atoms with E-state index in [1.165, 1.54) is 12.1 Å². The summed E-state index contributed by atoms with van der Waals surface area (Å²) in [5.41, 5.74) is 20.5. The van der Waals surface area contributed by atoms with Crippen LogP contribution < -0.4 is 28.3 Å². The molecule has 0 radical (unpaired) electrons. The van der Waals surface area contributed by atoms with Gasteiger partial charge in [0.05, 0.1) is 24.3 Å². The van der Waals surface area contributed by atoms with Crippen molar-refractivity contribution in [1.29, 1.82) is 0 Å². The predicted octanol–water partition coefficient (Wildman–Crippen LogP) is 0.496. The summed E-state index contributed by atoms with van der Waals surface area (Å²) >= 11 is 0. The Balaban J connectivity index is 3.58. The molecule has 0 heterocycles. The number of hydrogen-bond donors (Lipinski definition) is 7. The van der Waals surface area contributed by atoms with Gasteiger partial charge in [0.15, 0.2) is 11.7 Å². The molecule has 0 fully saturated rings. The van der Waals surface area contributed by atoms with Crippen LogP contribution in [-0.2, 0) is 19.2 Å². The van der Waals surface area contributed by atoms with Crippen LogP contribution in [-0.4, -0.2) is 75.4 Å². The maximum absolute atomic E-state index is 13.9. The fourth-order valence-electron chi connectivity index (χ4n) is 4.07. The number of anilines is 1. The number of unbranched alkanes of at least 4 members (excludes halogenated alkanes) is 2. The summed E-state index contributed by atoms with van der Waals surface area (Å²) in [6.07, 6.45) is 1.41. The van der Waals surface area contributed by atoms with Gasteiger partial charge in [0, 0.05) is 6.54 Å². The van der Waals surface area contributed by atoms with E-state index in [1.54, 1.807) is 26.0 Å². The number of imide groups is 1. The molecule has 0 aliphatic carbocycles. The van der Waals surface area contributed by atoms with Crippen LogP contribution in [0.5, 0.6) is 5.75 Å². The van der Waals surface area contributed by atoms with Crippen molar-refractivity contribution in [1.82, 2.24) is 4.90 Å². The molecule has 13 heteroatoms. The van der Waals surface area contributed by atoms with E-state index in [2.05, 4.69) is 10.3 Å². The third kappa shape index (κ3) is 8.93. The number of phenols is 1. The summed E-state index contributed by atoms with van der Waals surface area (Å²) in [5.74, 6) is -5.44. The first-order valence-corrected chi connectivity index (χ1v) is 13.0. The van der Waals surface area contributed by atoms with E-state index in [-0.39, 0.29) is 49.6 Å². The molecule has 1 aromatic carbocycles. The lowest BCUT2D eigenvalue weighted by Crippen LogP contribution is -2.70. The number of carbonyl (C=O) groups is 4. The normalized spacial score (nSPS) is 14.1. The van der Waals surface area contributed by atoms with Crippen molar-refractivity contribution in [2.75, 3.05) is 18.4 Å². The summed E-state index contributed by atoms with van der Waals surface area (Å²) in [6.45, 7) is 4.73. The number of nitrogens with two attached hydrogens (primary N) is 4. The molecule has 11 N–H and O–H groups in total. The minimum atomic E-state index is -2.59. The van der Waals surface area contributed by atoms with E-state index in [0.717, 1.165) is 0 Å². The molecule has 0 aliphatic rings. The number of aliphatic imine (C=N–C) groups is 1. The number of guanidine groups is 1. The third-order valence-electron chi connectivity index (χ3n) is 6.40. The summed E-state index contributed by atoms with van der Waals surface area (Å²) in [4.78, 5) is 58.4. The lowest BCUT2D eigenvalue weighted by atomic mass is 9.80. The predicted molar refractivity (Wildman–Crippen MR) is 149 cm³/mol. The highest BCUT2D eigenvalue weighted by Gasteiger charge is 2.57. The van der Waals surface area contributed by atoms with E-state index in [9.17, 15) is 29.4 Å². The first kappa shape index (κ1) is 33.3. The van der Waals surface area contributed by atoms with Crippen LogP contribution in [0.15, 0.2) is 29.3 Å². The number of ketones is 1. The van der Waals surface area contributed by atoms with Gasteiger partial charge in [-0.2, -0.15) is 0 Å². The number of carboxylic acids is 1. The molecule has 1 rings (SSSR count). The lowest BCUT2D eigenvalue weighted by Gasteiger charge is -2.41. The Hall–Kier alpha value is -3.71. The molecular weight excluding hydrogens is 506 g/mol. The van der Waals surface area contributed by atoms with Gasteiger partial charge in [-0.3, -0.25) is 24.3 Å². The van der Waals surface area contributed by atoms with Crippen molar-refractivity contribution in [3.8, 4) is 5.75 Å². The Labute approximate surface area is 229 Å². The Morgan fingerprint density at radius 3 is 2.26 bits per heavy atom. The zero-order valence-electron chi connectivity index (χ0n) is 22.9. The summed E-state index contributed by atoms with van der Waals surface area (Å²) in [7, 11) is 0. The van der Waals surface area contributed by atoms with Crippen LogP contribution in [0.2, 0.25) is 0 Å². The van der Waals surface area contributed by atoms with Crippen LogP contribution >= 0.6 is 0 Å². The Kier molecular flexibility index (Phi) is 13.4. The molecule has 13 nitrogen and oxygen atoms in total. The van der Waals surface area contributed by atoms with Crippen molar-refractivity contribution < 1.29 is 29.4 Å². The molecule has 218 valence electrons. The van der Waals surface area contributed by atoms with E-state index in [1.807, 2.05) is 6.92 Å². The highest BCUT2D eigenvalue weighted by Crippen LogP contribution is 2.30. The van der Waals surface area contributed by atoms with Gasteiger partial charge in [0.2, 0.25) is 17.4 Å². The topological polar surface area (TPSA) is 240 Å². The summed E-state index contributed by atoms with van der Waals surface area (Å²) in [6, 6.07) is 3.48. The van der Waals surface area contributed by atoms with Crippen LogP contribution in [0.1, 0.15) is 59.3 Å². The third-order valence-corrected chi connectivity index (χ3v) is 6.40. The van der Waals surface area contributed by atoms with E-state index in [0.29, 0.717) is 17.7 Å². The number of hydrogen-bond acceptors (Lipinski definition) is 9. The number of nitrogens with one attached hydrogen (secondary N) is 1. The quantitative estimate of drug-likeness (QED) is 0.0463. The number of phenolic OH excluding ortho intramolecular Hbond substituents is 1. The Morgan fingerprint density at radius 2 is 1.72 bits per heavy atom. The molecule has 0 saturated carbocycles. The molecule has 0 bridgehead atoms. The number of rotatable bonds is 17. The SMILES string of the molecule is CCCCCC(C(=O)O)(C(=O)C(N)CCCN=C(N)N)N(C(=O)CNc1ccccc1O)C(=O)C(N)C(C)C. The average Bonchev–Trinajstić information content (AvgIpc) is 2.88. The van der Waals surface area contributed by atoms with Crippen molar-refractivity contribution in [2.24, 2.45) is 33.8 Å². The minimum Gasteiger partial charge on any atom is -0.506 e. The standard InChI is InChI=1S/C26H43N7O6/c1-4-5-8-13-26(24(38)39,22(36)17(27)10-9-14-31-25(29)30)33(23(37)21(28)16(2)3)20(35)15-32-18-11-6-7-12-19(18)34/h6-7,11-12,16-17,21,32,34H,4-5,8-10,13-15,27-28H2,1-3H3,(H,38,39)(H4,29,30,31). The van der Waals surface area contributed by atoms with Crippen LogP contribution in [0, 0.1) is 5.92 Å². The van der Waals surface area contributed by atoms with Gasteiger partial charge >= 0.3 is 5.97 Å². The van der Waals surface area contributed by atoms with Gasteiger partial charge in [-0.05, 0) is 37.3 Å². The summed E-state index contributed by atoms with van der Waals surface area (Å²) < 4.78 is 0. The van der Waals surface area contributed by atoms with Gasteiger partial charge in [-0.15, -0.1) is 0 Å². The maximum atomic E-state index is 13.9. The molecule has 39 heavy (non-hydrogen) atoms. The number of para-hydroxylation sites is 2. The molecule has 2 amide bonds. The number of carbonyl (C=O) groups excluding carboxylic acids is 3. The first-order chi connectivity index (χ1) is 18.3. The van der Waals surface area contributed by atoms with Gasteiger partial charge < -0.3 is 38.5 Å². The minimum absolute atomic E-state index is 0.0149. The Bertz CT molecular complexity index is 1030. The lowest BCUT2D eigenvalue weighted by molar-refractivity contribution is -0.172. The van der Waals surface area contributed by atoms with Gasteiger partial charge in [0.25, 0.3) is 0 Å². The number of nitrogens with zero attached hydrogens (tertiary/aromatic N) is 2. The van der Waals surface area contributed by atoms with Crippen molar-refractivity contribution in [3.05, 3.63) is 24.3 Å². The molecule has 0 spiro atoms. The largest absolute Gasteiger partial charge is 0.506 e. The highest BCUT2D eigenvalue weighted by atomic mass is 16.4.